The predicted molar refractivity (Wildman–Crippen MR) is 526 cm³/mol. The van der Waals surface area contributed by atoms with Crippen molar-refractivity contribution in [2.24, 2.45) is 21.7 Å². The molecule has 12 heterocycles. The molecular weight excluding hydrogens is 1890 g/mol. The number of nitrogens with zero attached hydrogens (tertiary/aromatic N) is 21. The van der Waals surface area contributed by atoms with Crippen molar-refractivity contribution in [3.8, 4) is 122 Å². The van der Waals surface area contributed by atoms with Crippen LogP contribution in [-0.2, 0) is 44.6 Å². The molecule has 24 rings (SSSR count). The number of sulfone groups is 1. The molecule has 4 fully saturated rings. The lowest BCUT2D eigenvalue weighted by Crippen LogP contribution is -2.38. The second kappa shape index (κ2) is 36.1. The Morgan fingerprint density at radius 1 is 0.384 bits per heavy atom. The molecule has 0 unspecified atom stereocenters. The third kappa shape index (κ3) is 15.2. The minimum Gasteiger partial charge on any atom is -0.443 e. The van der Waals surface area contributed by atoms with E-state index >= 15 is 0 Å². The summed E-state index contributed by atoms with van der Waals surface area (Å²) in [6, 6.07) is 40.0. The molecule has 0 aliphatic heterocycles. The molecule has 4 aromatic carbocycles. The van der Waals surface area contributed by atoms with E-state index in [-0.39, 0.29) is 114 Å². The topological polar surface area (TPSA) is 326 Å². The predicted octanol–water partition coefficient (Wildman–Crippen LogP) is 22.3. The monoisotopic (exact) mass is 1980 g/mol. The van der Waals surface area contributed by atoms with Gasteiger partial charge in [0.25, 0.3) is 0 Å². The molecule has 736 valence electrons. The number of rotatable bonds is 19. The highest BCUT2D eigenvalue weighted by atomic mass is 32.2. The molecular formula is C112H97F8N21O4S. The maximum Gasteiger partial charge on any atom is 0.246 e. The van der Waals surface area contributed by atoms with Crippen LogP contribution in [0.2, 0.25) is 0 Å². The van der Waals surface area contributed by atoms with Crippen LogP contribution in [0.3, 0.4) is 0 Å². The normalized spacial score (nSPS) is 21.9. The Bertz CT molecular complexity index is 7910. The van der Waals surface area contributed by atoms with Gasteiger partial charge < -0.3 is 8.83 Å². The molecule has 16 aromatic rings. The van der Waals surface area contributed by atoms with Gasteiger partial charge in [-0.1, -0.05) is 104 Å². The summed E-state index contributed by atoms with van der Waals surface area (Å²) in [5.74, 6) is 0.931. The van der Waals surface area contributed by atoms with E-state index in [4.69, 9.17) is 46.9 Å². The van der Waals surface area contributed by atoms with E-state index in [0.29, 0.717) is 58.9 Å². The highest BCUT2D eigenvalue weighted by Crippen LogP contribution is 2.74. The van der Waals surface area contributed by atoms with Crippen LogP contribution in [0.25, 0.3) is 91.0 Å². The van der Waals surface area contributed by atoms with Crippen LogP contribution in [0.4, 0.5) is 35.1 Å². The zero-order valence-corrected chi connectivity index (χ0v) is 82.4. The molecule has 0 amide bonds. The van der Waals surface area contributed by atoms with Crippen molar-refractivity contribution < 1.29 is 52.4 Å². The fraction of sp³-hybridized carbons (Fsp3) is 0.330. The fourth-order valence-electron chi connectivity index (χ4n) is 25.1. The second-order valence-electron chi connectivity index (χ2n) is 41.2. The first-order valence-corrected chi connectivity index (χ1v) is 50.4. The maximum absolute atomic E-state index is 14.5. The van der Waals surface area contributed by atoms with Crippen molar-refractivity contribution in [2.75, 3.05) is 12.0 Å². The first-order valence-electron chi connectivity index (χ1n) is 48.3. The summed E-state index contributed by atoms with van der Waals surface area (Å²) in [6.45, 7) is 22.1. The van der Waals surface area contributed by atoms with Crippen molar-refractivity contribution in [1.82, 2.24) is 100 Å². The second-order valence-corrected chi connectivity index (χ2v) is 43.4. The van der Waals surface area contributed by atoms with Crippen LogP contribution in [0, 0.1) is 104 Å². The average molecular weight is 1990 g/mol. The third-order valence-corrected chi connectivity index (χ3v) is 33.7. The first kappa shape index (κ1) is 96.6. The van der Waals surface area contributed by atoms with Gasteiger partial charge in [-0.3, -0.25) is 29.3 Å². The highest BCUT2D eigenvalue weighted by Gasteiger charge is 2.69. The summed E-state index contributed by atoms with van der Waals surface area (Å²) in [6.07, 6.45) is 33.0. The smallest absolute Gasteiger partial charge is 0.246 e. The Kier molecular flexibility index (Phi) is 23.9. The van der Waals surface area contributed by atoms with Gasteiger partial charge in [-0.25, -0.2) is 63.5 Å². The summed E-state index contributed by atoms with van der Waals surface area (Å²) in [5, 5.41) is 53.5. The van der Waals surface area contributed by atoms with Crippen LogP contribution in [0.5, 0.6) is 0 Å². The lowest BCUT2D eigenvalue weighted by atomic mass is 9.66. The largest absolute Gasteiger partial charge is 0.443 e. The molecule has 8 aliphatic carbocycles. The van der Waals surface area contributed by atoms with Crippen LogP contribution in [0.1, 0.15) is 242 Å². The standard InChI is InChI=1S/C28H24F2N6.C28H27F2N5O2S.2C28H23F2N5O/c1-27(2)18-10-12-28(27,24-9-4-8-21(32-24)22-11-15-36(35-22)14-5-13-31)26-17(18)16-23(33-34-26)25-19(29)6-3-7-20(25)30;1-27(2)18-10-12-28(27,26-17(18)16-23(32-33-26)25-19(29)6-4-7-20(25)30)24-9-5-8-21(31-24)22-11-13-35(34-22)14-15-38(3,36)37;2*1-5-15(2)22-14-36-26(33-22)21-12-31-13-23(32-21)28-10-9-17(27(28,3)4)16-11-20(34-35-25(16)28)24-18(29)7-6-8-19(24)30/h3-4,6-9,11,15-16,18H,5,10,12,14H2,1-2H3;4-9,11,13,16,18H,10,12,14-15H2,1-3H3;2*1,6-8,11-15,17H,9-10H2,2-4H3/t2*18-,28-;15-,17+,28+;15-,17-,28-/m0010/s1. The number of terminal acetylenes is 2. The number of hydrogen-bond acceptors (Lipinski definition) is 23. The number of aryl methyl sites for hydroxylation is 2. The molecule has 10 atom stereocenters. The Balaban J connectivity index is 0.000000114. The Hall–Kier alpha value is -15.5. The summed E-state index contributed by atoms with van der Waals surface area (Å²) in [5.41, 5.74) is 12.5. The van der Waals surface area contributed by atoms with Gasteiger partial charge in [0.1, 0.15) is 91.7 Å². The van der Waals surface area contributed by atoms with E-state index in [0.717, 1.165) is 131 Å². The van der Waals surface area contributed by atoms with Gasteiger partial charge in [0.05, 0.1) is 191 Å². The first-order chi connectivity index (χ1) is 69.9. The Morgan fingerprint density at radius 3 is 0.979 bits per heavy atom. The number of halogens is 8. The summed E-state index contributed by atoms with van der Waals surface area (Å²) >= 11 is 0. The van der Waals surface area contributed by atoms with Gasteiger partial charge in [0, 0.05) is 31.0 Å². The molecule has 8 bridgehead atoms. The van der Waals surface area contributed by atoms with Gasteiger partial charge in [-0.2, -0.15) is 35.9 Å². The van der Waals surface area contributed by atoms with Crippen molar-refractivity contribution in [1.29, 1.82) is 5.26 Å². The zero-order chi connectivity index (χ0) is 102. The Morgan fingerprint density at radius 2 is 0.678 bits per heavy atom. The lowest BCUT2D eigenvalue weighted by molar-refractivity contribution is 0.242. The van der Waals surface area contributed by atoms with E-state index in [2.05, 4.69) is 144 Å². The molecule has 146 heavy (non-hydrogen) atoms. The molecule has 0 spiro atoms. The minimum atomic E-state index is -3.10. The van der Waals surface area contributed by atoms with Crippen molar-refractivity contribution >= 4 is 9.84 Å². The van der Waals surface area contributed by atoms with E-state index < -0.39 is 78.0 Å². The molecule has 34 heteroatoms. The van der Waals surface area contributed by atoms with Gasteiger partial charge >= 0.3 is 0 Å². The van der Waals surface area contributed by atoms with Crippen molar-refractivity contribution in [3.63, 3.8) is 0 Å². The number of benzene rings is 4. The van der Waals surface area contributed by atoms with E-state index in [1.807, 2.05) is 74.6 Å². The minimum absolute atomic E-state index is 0.00843. The summed E-state index contributed by atoms with van der Waals surface area (Å²) in [4.78, 5) is 37.9. The van der Waals surface area contributed by atoms with Gasteiger partial charge in [0.2, 0.25) is 11.8 Å². The van der Waals surface area contributed by atoms with Crippen molar-refractivity contribution in [3.05, 3.63) is 321 Å². The van der Waals surface area contributed by atoms with Crippen LogP contribution in [0.15, 0.2) is 204 Å². The summed E-state index contributed by atoms with van der Waals surface area (Å²) in [7, 11) is -3.10. The maximum atomic E-state index is 14.5. The number of aromatic nitrogens is 20. The number of oxazole rings is 2. The molecule has 0 N–H and O–H groups in total. The summed E-state index contributed by atoms with van der Waals surface area (Å²) < 4.78 is 154. The molecule has 25 nitrogen and oxygen atoms in total. The number of nitriles is 1. The van der Waals surface area contributed by atoms with E-state index in [1.165, 1.54) is 79.1 Å². The van der Waals surface area contributed by atoms with E-state index in [9.17, 15) is 43.5 Å². The highest BCUT2D eigenvalue weighted by molar-refractivity contribution is 7.90. The lowest BCUT2D eigenvalue weighted by Gasteiger charge is -2.37. The molecule has 0 radical (unpaired) electrons. The van der Waals surface area contributed by atoms with Gasteiger partial charge in [0.15, 0.2) is 0 Å². The quantitative estimate of drug-likeness (QED) is 0.0536. The van der Waals surface area contributed by atoms with E-state index in [1.54, 1.807) is 71.1 Å². The number of fused-ring (bicyclic) bond motifs is 20. The van der Waals surface area contributed by atoms with Gasteiger partial charge in [-0.05, 0) is 242 Å². The Labute approximate surface area is 836 Å². The molecule has 8 aliphatic rings. The van der Waals surface area contributed by atoms with Crippen LogP contribution >= 0.6 is 0 Å². The molecule has 0 saturated heterocycles. The average Bonchev–Trinajstić information content (AvgIpc) is 1.53. The van der Waals surface area contributed by atoms with Gasteiger partial charge in [-0.15, -0.1) is 33.2 Å². The SMILES string of the molecule is C#C[C@@H](C)c1coc(-c2cncc([C@@]34CC[C@@H](c5cc(-c6c(F)cccc6F)nnc53)C4(C)C)n2)n1.C#C[C@H](C)c1coc(-c2cncc([C@@]34CC[C@@H](c5cc(-c6c(F)cccc6F)nnc53)C4(C)C)n2)n1.CC1(C)[C@H]2CC[C@]1(c1cccc(-c3ccn(CCC#N)n3)n1)c1nnc(-c3c(F)cccc3F)cc12.CC1(C)[C@H]2CC[C@]1(c1cccc(-c3ccn(CCS(C)(=O)=O)n3)n1)c1nnc(-c3c(F)cccc3F)cc12. The number of pyridine rings is 2. The van der Waals surface area contributed by atoms with Crippen LogP contribution in [-0.4, -0.2) is 121 Å². The van der Waals surface area contributed by atoms with Crippen molar-refractivity contribution in [2.45, 2.75) is 197 Å². The number of hydrogen-bond donors (Lipinski definition) is 0. The molecule has 12 aromatic heterocycles. The third-order valence-electron chi connectivity index (χ3n) is 32.7. The fourth-order valence-corrected chi connectivity index (χ4v) is 25.6. The molecule has 4 saturated carbocycles. The zero-order valence-electron chi connectivity index (χ0n) is 81.5. The van der Waals surface area contributed by atoms with Crippen LogP contribution < -0.4 is 0 Å².